The highest BCUT2D eigenvalue weighted by Crippen LogP contribution is 2.24. The van der Waals surface area contributed by atoms with Crippen LogP contribution in [0.3, 0.4) is 0 Å². The molecule has 0 atom stereocenters. The molecule has 0 unspecified atom stereocenters. The number of nitrogens with zero attached hydrogens (tertiary/aromatic N) is 1. The summed E-state index contributed by atoms with van der Waals surface area (Å²) in [6.45, 7) is 1.83. The van der Waals surface area contributed by atoms with Gasteiger partial charge in [0.1, 0.15) is 5.82 Å². The summed E-state index contributed by atoms with van der Waals surface area (Å²) in [5.41, 5.74) is 6.92. The van der Waals surface area contributed by atoms with E-state index in [-0.39, 0.29) is 22.8 Å². The lowest BCUT2D eigenvalue weighted by atomic mass is 10.2. The molecule has 2 rings (SSSR count). The Morgan fingerprint density at radius 3 is 2.79 bits per heavy atom. The average molecular weight is 261 g/mol. The van der Waals surface area contributed by atoms with Crippen molar-refractivity contribution in [3.63, 3.8) is 0 Å². The summed E-state index contributed by atoms with van der Waals surface area (Å²) in [7, 11) is 0. The summed E-state index contributed by atoms with van der Waals surface area (Å²) >= 11 is 0. The van der Waals surface area contributed by atoms with Gasteiger partial charge in [0.05, 0.1) is 16.9 Å². The summed E-state index contributed by atoms with van der Waals surface area (Å²) in [5.74, 6) is -1.34. The molecular weight excluding hydrogens is 249 g/mol. The number of anilines is 3. The van der Waals surface area contributed by atoms with E-state index in [1.165, 1.54) is 12.1 Å². The summed E-state index contributed by atoms with van der Waals surface area (Å²) < 4.78 is 13.6. The summed E-state index contributed by atoms with van der Waals surface area (Å²) in [6, 6.07) is 5.86. The molecule has 0 aliphatic carbocycles. The second kappa shape index (κ2) is 4.93. The molecule has 6 heteroatoms. The van der Waals surface area contributed by atoms with Crippen LogP contribution >= 0.6 is 0 Å². The summed E-state index contributed by atoms with van der Waals surface area (Å²) in [4.78, 5) is 14.6. The number of aromatic nitrogens is 1. The van der Waals surface area contributed by atoms with Crippen LogP contribution in [0.4, 0.5) is 21.6 Å². The molecule has 19 heavy (non-hydrogen) atoms. The Morgan fingerprint density at radius 1 is 1.42 bits per heavy atom. The van der Waals surface area contributed by atoms with Gasteiger partial charge in [-0.25, -0.2) is 14.2 Å². The predicted octanol–water partition coefficient (Wildman–Crippen LogP) is 2.55. The zero-order valence-electron chi connectivity index (χ0n) is 10.1. The van der Waals surface area contributed by atoms with Gasteiger partial charge in [0.15, 0.2) is 5.82 Å². The van der Waals surface area contributed by atoms with E-state index in [0.717, 1.165) is 11.8 Å². The molecule has 0 bridgehead atoms. The quantitative estimate of drug-likeness (QED) is 0.790. The molecule has 4 N–H and O–H groups in total. The van der Waals surface area contributed by atoms with E-state index >= 15 is 0 Å². The molecule has 0 saturated carbocycles. The van der Waals surface area contributed by atoms with Gasteiger partial charge in [-0.3, -0.25) is 0 Å². The summed E-state index contributed by atoms with van der Waals surface area (Å²) in [6.07, 6.45) is 1.16. The van der Waals surface area contributed by atoms with Crippen molar-refractivity contribution >= 4 is 23.2 Å². The molecule has 0 amide bonds. The van der Waals surface area contributed by atoms with Crippen molar-refractivity contribution in [1.29, 1.82) is 0 Å². The number of aromatic carboxylic acids is 1. The van der Waals surface area contributed by atoms with Crippen molar-refractivity contribution in [2.24, 2.45) is 0 Å². The van der Waals surface area contributed by atoms with Gasteiger partial charge < -0.3 is 16.2 Å². The highest BCUT2D eigenvalue weighted by atomic mass is 19.1. The largest absolute Gasteiger partial charge is 0.478 e. The number of pyridine rings is 1. The van der Waals surface area contributed by atoms with Crippen LogP contribution in [-0.4, -0.2) is 16.1 Å². The maximum Gasteiger partial charge on any atom is 0.337 e. The molecule has 1 heterocycles. The number of carboxylic acids is 1. The number of halogens is 1. The Balaban J connectivity index is 2.33. The maximum absolute atomic E-state index is 13.6. The SMILES string of the molecule is Cc1ccc(F)c(Nc2ncc(C(=O)O)cc2N)c1. The third kappa shape index (κ3) is 2.79. The van der Waals surface area contributed by atoms with E-state index in [4.69, 9.17) is 10.8 Å². The van der Waals surface area contributed by atoms with Crippen LogP contribution in [-0.2, 0) is 0 Å². The topological polar surface area (TPSA) is 88.2 Å². The molecular formula is C13H12FN3O2. The number of nitrogens with two attached hydrogens (primary N) is 1. The first-order chi connectivity index (χ1) is 8.97. The number of aryl methyl sites for hydroxylation is 1. The van der Waals surface area contributed by atoms with E-state index in [1.54, 1.807) is 12.1 Å². The van der Waals surface area contributed by atoms with Crippen molar-refractivity contribution < 1.29 is 14.3 Å². The van der Waals surface area contributed by atoms with E-state index in [1.807, 2.05) is 6.92 Å². The molecule has 1 aromatic heterocycles. The predicted molar refractivity (Wildman–Crippen MR) is 70.0 cm³/mol. The van der Waals surface area contributed by atoms with Crippen LogP contribution in [0.15, 0.2) is 30.5 Å². The fraction of sp³-hybridized carbons (Fsp3) is 0.0769. The van der Waals surface area contributed by atoms with Gasteiger partial charge in [-0.2, -0.15) is 0 Å². The third-order valence-corrected chi connectivity index (χ3v) is 2.54. The lowest BCUT2D eigenvalue weighted by Crippen LogP contribution is -2.04. The molecule has 5 nitrogen and oxygen atoms in total. The molecule has 0 spiro atoms. The van der Waals surface area contributed by atoms with Crippen LogP contribution < -0.4 is 11.1 Å². The maximum atomic E-state index is 13.6. The Hall–Kier alpha value is -2.63. The Labute approximate surface area is 108 Å². The van der Waals surface area contributed by atoms with Gasteiger partial charge in [-0.15, -0.1) is 0 Å². The first kappa shape index (κ1) is 12.8. The highest BCUT2D eigenvalue weighted by Gasteiger charge is 2.09. The molecule has 2 aromatic rings. The Bertz CT molecular complexity index is 644. The van der Waals surface area contributed by atoms with Gasteiger partial charge in [0, 0.05) is 6.20 Å². The first-order valence-electron chi connectivity index (χ1n) is 5.49. The number of hydrogen-bond donors (Lipinski definition) is 3. The summed E-state index contributed by atoms with van der Waals surface area (Å²) in [5, 5.41) is 11.5. The fourth-order valence-corrected chi connectivity index (χ4v) is 1.57. The second-order valence-electron chi connectivity index (χ2n) is 4.08. The minimum absolute atomic E-state index is 0.0206. The first-order valence-corrected chi connectivity index (χ1v) is 5.49. The molecule has 0 radical (unpaired) electrons. The van der Waals surface area contributed by atoms with Crippen LogP contribution in [0.2, 0.25) is 0 Å². The highest BCUT2D eigenvalue weighted by molar-refractivity contribution is 5.89. The van der Waals surface area contributed by atoms with Crippen molar-refractivity contribution in [3.05, 3.63) is 47.4 Å². The number of rotatable bonds is 3. The molecule has 0 saturated heterocycles. The normalized spacial score (nSPS) is 10.2. The smallest absolute Gasteiger partial charge is 0.337 e. The molecule has 0 aliphatic rings. The molecule has 1 aromatic carbocycles. The number of carboxylic acid groups (broad SMARTS) is 1. The van der Waals surface area contributed by atoms with Crippen LogP contribution in [0.25, 0.3) is 0 Å². The van der Waals surface area contributed by atoms with E-state index in [9.17, 15) is 9.18 Å². The second-order valence-corrected chi connectivity index (χ2v) is 4.08. The number of benzene rings is 1. The lowest BCUT2D eigenvalue weighted by molar-refractivity contribution is 0.0696. The van der Waals surface area contributed by atoms with Gasteiger partial charge >= 0.3 is 5.97 Å². The minimum Gasteiger partial charge on any atom is -0.478 e. The number of carbonyl (C=O) groups is 1. The van der Waals surface area contributed by atoms with Crippen LogP contribution in [0.1, 0.15) is 15.9 Å². The Kier molecular flexibility index (Phi) is 3.33. The zero-order chi connectivity index (χ0) is 14.0. The molecule has 0 aliphatic heterocycles. The van der Waals surface area contributed by atoms with Gasteiger partial charge in [-0.1, -0.05) is 6.07 Å². The van der Waals surface area contributed by atoms with Crippen molar-refractivity contribution in [1.82, 2.24) is 4.98 Å². The standard InChI is InChI=1S/C13H12FN3O2/c1-7-2-3-9(14)11(4-7)17-12-10(15)5-8(6-16-12)13(18)19/h2-6H,15H2,1H3,(H,16,17)(H,18,19). The zero-order valence-corrected chi connectivity index (χ0v) is 10.1. The van der Waals surface area contributed by atoms with Crippen molar-refractivity contribution in [2.45, 2.75) is 6.92 Å². The van der Waals surface area contributed by atoms with E-state index in [2.05, 4.69) is 10.3 Å². The van der Waals surface area contributed by atoms with E-state index in [0.29, 0.717) is 0 Å². The van der Waals surface area contributed by atoms with Crippen molar-refractivity contribution in [2.75, 3.05) is 11.1 Å². The molecule has 0 fully saturated rings. The minimum atomic E-state index is -1.12. The Morgan fingerprint density at radius 2 is 2.16 bits per heavy atom. The van der Waals surface area contributed by atoms with Gasteiger partial charge in [-0.05, 0) is 30.7 Å². The van der Waals surface area contributed by atoms with Crippen molar-refractivity contribution in [3.8, 4) is 0 Å². The van der Waals surface area contributed by atoms with Crippen LogP contribution in [0.5, 0.6) is 0 Å². The lowest BCUT2D eigenvalue weighted by Gasteiger charge is -2.10. The number of hydrogen-bond acceptors (Lipinski definition) is 4. The number of nitrogens with one attached hydrogen (secondary N) is 1. The monoisotopic (exact) mass is 261 g/mol. The number of nitrogen functional groups attached to an aromatic ring is 1. The van der Waals surface area contributed by atoms with E-state index < -0.39 is 11.8 Å². The van der Waals surface area contributed by atoms with Crippen LogP contribution in [0, 0.1) is 12.7 Å². The molecule has 98 valence electrons. The van der Waals surface area contributed by atoms with Gasteiger partial charge in [0.25, 0.3) is 0 Å². The third-order valence-electron chi connectivity index (χ3n) is 2.54. The average Bonchev–Trinajstić information content (AvgIpc) is 2.36. The fourth-order valence-electron chi connectivity index (χ4n) is 1.57. The van der Waals surface area contributed by atoms with Gasteiger partial charge in [0.2, 0.25) is 0 Å².